The summed E-state index contributed by atoms with van der Waals surface area (Å²) in [6.07, 6.45) is 1.27. The van der Waals surface area contributed by atoms with Crippen LogP contribution in [-0.4, -0.2) is 41.1 Å². The van der Waals surface area contributed by atoms with Crippen molar-refractivity contribution in [3.63, 3.8) is 0 Å². The number of benzene rings is 2. The fourth-order valence-corrected chi connectivity index (χ4v) is 4.77. The van der Waals surface area contributed by atoms with Gasteiger partial charge in [-0.3, -0.25) is 9.69 Å². The summed E-state index contributed by atoms with van der Waals surface area (Å²) < 4.78 is 11.2. The van der Waals surface area contributed by atoms with Gasteiger partial charge in [0.15, 0.2) is 11.5 Å². The minimum atomic E-state index is -0.274. The van der Waals surface area contributed by atoms with Crippen LogP contribution in [-0.2, 0) is 17.6 Å². The van der Waals surface area contributed by atoms with E-state index >= 15 is 0 Å². The summed E-state index contributed by atoms with van der Waals surface area (Å²) in [6.45, 7) is 0.588. The third-order valence-corrected chi connectivity index (χ3v) is 6.37. The van der Waals surface area contributed by atoms with Crippen LogP contribution >= 0.6 is 35.6 Å². The van der Waals surface area contributed by atoms with Crippen molar-refractivity contribution in [3.05, 3.63) is 58.6 Å². The van der Waals surface area contributed by atoms with E-state index in [4.69, 9.17) is 33.3 Å². The molecule has 0 saturated carbocycles. The molecule has 1 amide bonds. The van der Waals surface area contributed by atoms with Crippen LogP contribution in [0.1, 0.15) is 11.1 Å². The molecule has 1 aliphatic heterocycles. The van der Waals surface area contributed by atoms with Gasteiger partial charge in [-0.25, -0.2) is 0 Å². The lowest BCUT2D eigenvalue weighted by molar-refractivity contribution is -0.126. The molecule has 0 N–H and O–H groups in total. The number of carbonyl (C=O) groups excluding carboxylic acids is 1. The molecule has 1 heterocycles. The second-order valence-electron chi connectivity index (χ2n) is 6.10. The zero-order chi connectivity index (χ0) is 19.4. The summed E-state index contributed by atoms with van der Waals surface area (Å²) in [6, 6.07) is 13.6. The van der Waals surface area contributed by atoms with Crippen LogP contribution in [0, 0.1) is 0 Å². The average molecular weight is 422 g/mol. The van der Waals surface area contributed by atoms with Crippen LogP contribution in [0.3, 0.4) is 0 Å². The smallest absolute Gasteiger partial charge is 0.241 e. The normalized spacial score (nSPS) is 16.7. The van der Waals surface area contributed by atoms with Crippen molar-refractivity contribution in [3.8, 4) is 11.5 Å². The first-order valence-corrected chi connectivity index (χ1v) is 10.2. The molecule has 1 fully saturated rings. The van der Waals surface area contributed by atoms with Gasteiger partial charge in [0.1, 0.15) is 4.32 Å². The SMILES string of the molecule is COc1cc(Cl)c(C[C@H]2SC(=S)N(CCc3ccccc3)C2=O)cc1OC. The van der Waals surface area contributed by atoms with E-state index in [0.29, 0.717) is 33.8 Å². The van der Waals surface area contributed by atoms with E-state index in [1.807, 2.05) is 24.3 Å². The maximum absolute atomic E-state index is 12.8. The maximum Gasteiger partial charge on any atom is 0.241 e. The summed E-state index contributed by atoms with van der Waals surface area (Å²) >= 11 is 13.2. The van der Waals surface area contributed by atoms with E-state index in [2.05, 4.69) is 12.1 Å². The Bertz CT molecular complexity index is 845. The van der Waals surface area contributed by atoms with Gasteiger partial charge in [-0.2, -0.15) is 0 Å². The number of hydrogen-bond donors (Lipinski definition) is 0. The zero-order valence-electron chi connectivity index (χ0n) is 15.1. The van der Waals surface area contributed by atoms with Gasteiger partial charge < -0.3 is 9.47 Å². The third kappa shape index (κ3) is 4.57. The highest BCUT2D eigenvalue weighted by atomic mass is 35.5. The van der Waals surface area contributed by atoms with Crippen molar-refractivity contribution >= 4 is 45.8 Å². The van der Waals surface area contributed by atoms with Gasteiger partial charge in [-0.05, 0) is 30.0 Å². The number of hydrogen-bond acceptors (Lipinski definition) is 5. The number of thiocarbonyl (C=S) groups is 1. The van der Waals surface area contributed by atoms with E-state index in [0.717, 1.165) is 12.0 Å². The fourth-order valence-electron chi connectivity index (χ4n) is 2.97. The predicted octanol–water partition coefficient (Wildman–Crippen LogP) is 4.37. The first-order valence-electron chi connectivity index (χ1n) is 8.49. The molecule has 0 unspecified atom stereocenters. The van der Waals surface area contributed by atoms with Crippen molar-refractivity contribution in [2.75, 3.05) is 20.8 Å². The highest BCUT2D eigenvalue weighted by Gasteiger charge is 2.37. The highest BCUT2D eigenvalue weighted by molar-refractivity contribution is 8.24. The molecule has 142 valence electrons. The molecular weight excluding hydrogens is 402 g/mol. The monoisotopic (exact) mass is 421 g/mol. The topological polar surface area (TPSA) is 38.8 Å². The van der Waals surface area contributed by atoms with Crippen molar-refractivity contribution in [2.24, 2.45) is 0 Å². The molecule has 3 rings (SSSR count). The molecule has 0 aromatic heterocycles. The zero-order valence-corrected chi connectivity index (χ0v) is 17.5. The molecule has 0 bridgehead atoms. The number of amides is 1. The summed E-state index contributed by atoms with van der Waals surface area (Å²) in [5.41, 5.74) is 2.03. The Morgan fingerprint density at radius 3 is 2.48 bits per heavy atom. The van der Waals surface area contributed by atoms with Crippen LogP contribution in [0.15, 0.2) is 42.5 Å². The number of nitrogens with zero attached hydrogens (tertiary/aromatic N) is 1. The Hall–Kier alpha value is -1.76. The molecule has 7 heteroatoms. The lowest BCUT2D eigenvalue weighted by Crippen LogP contribution is -2.33. The second kappa shape index (κ2) is 8.95. The molecule has 1 atom stereocenters. The molecule has 0 aliphatic carbocycles. The molecule has 2 aromatic rings. The first kappa shape index (κ1) is 20.0. The number of halogens is 1. The Morgan fingerprint density at radius 1 is 1.15 bits per heavy atom. The lowest BCUT2D eigenvalue weighted by atomic mass is 10.1. The van der Waals surface area contributed by atoms with Crippen molar-refractivity contribution < 1.29 is 14.3 Å². The molecule has 0 spiro atoms. The van der Waals surface area contributed by atoms with Gasteiger partial charge in [-0.15, -0.1) is 0 Å². The van der Waals surface area contributed by atoms with E-state index in [1.54, 1.807) is 25.2 Å². The predicted molar refractivity (Wildman–Crippen MR) is 114 cm³/mol. The van der Waals surface area contributed by atoms with Gasteiger partial charge in [0.25, 0.3) is 0 Å². The van der Waals surface area contributed by atoms with Crippen LogP contribution in [0.5, 0.6) is 11.5 Å². The summed E-state index contributed by atoms with van der Waals surface area (Å²) in [7, 11) is 3.14. The van der Waals surface area contributed by atoms with Crippen molar-refractivity contribution in [1.82, 2.24) is 4.90 Å². The van der Waals surface area contributed by atoms with Crippen LogP contribution in [0.4, 0.5) is 0 Å². The second-order valence-corrected chi connectivity index (χ2v) is 8.34. The van der Waals surface area contributed by atoms with Crippen LogP contribution in [0.25, 0.3) is 0 Å². The molecule has 27 heavy (non-hydrogen) atoms. The molecular formula is C20H20ClNO3S2. The van der Waals surface area contributed by atoms with Crippen LogP contribution < -0.4 is 9.47 Å². The minimum Gasteiger partial charge on any atom is -0.493 e. The minimum absolute atomic E-state index is 0.0341. The Labute approximate surface area is 173 Å². The quantitative estimate of drug-likeness (QED) is 0.620. The highest BCUT2D eigenvalue weighted by Crippen LogP contribution is 2.37. The van der Waals surface area contributed by atoms with E-state index in [9.17, 15) is 4.79 Å². The molecule has 0 radical (unpaired) electrons. The molecule has 1 saturated heterocycles. The Kier molecular flexibility index (Phi) is 6.63. The number of thioether (sulfide) groups is 1. The average Bonchev–Trinajstić information content (AvgIpc) is 2.95. The Balaban J connectivity index is 1.70. The summed E-state index contributed by atoms with van der Waals surface area (Å²) in [4.78, 5) is 14.5. The fraction of sp³-hybridized carbons (Fsp3) is 0.300. The maximum atomic E-state index is 12.8. The van der Waals surface area contributed by atoms with Gasteiger partial charge in [-0.1, -0.05) is 65.9 Å². The van der Waals surface area contributed by atoms with Crippen LogP contribution in [0.2, 0.25) is 5.02 Å². The number of carbonyl (C=O) groups is 1. The number of methoxy groups -OCH3 is 2. The largest absolute Gasteiger partial charge is 0.493 e. The number of rotatable bonds is 7. The standard InChI is InChI=1S/C20H20ClNO3S2/c1-24-16-10-14(15(21)12-17(16)25-2)11-18-19(23)22(20(26)27-18)9-8-13-6-4-3-5-7-13/h3-7,10,12,18H,8-9,11H2,1-2H3/t18-/m1/s1. The molecule has 1 aliphatic rings. The Morgan fingerprint density at radius 2 is 1.81 bits per heavy atom. The summed E-state index contributed by atoms with van der Waals surface area (Å²) in [5.74, 6) is 1.19. The third-order valence-electron chi connectivity index (χ3n) is 4.43. The van der Waals surface area contributed by atoms with Gasteiger partial charge in [0, 0.05) is 17.6 Å². The van der Waals surface area contributed by atoms with E-state index < -0.39 is 0 Å². The summed E-state index contributed by atoms with van der Waals surface area (Å²) in [5, 5.41) is 0.276. The van der Waals surface area contributed by atoms with Gasteiger partial charge in [0.05, 0.1) is 19.5 Å². The van der Waals surface area contributed by atoms with Crippen molar-refractivity contribution in [2.45, 2.75) is 18.1 Å². The molecule has 2 aromatic carbocycles. The first-order chi connectivity index (χ1) is 13.0. The van der Waals surface area contributed by atoms with Crippen molar-refractivity contribution in [1.29, 1.82) is 0 Å². The lowest BCUT2D eigenvalue weighted by Gasteiger charge is -2.16. The van der Waals surface area contributed by atoms with Gasteiger partial charge >= 0.3 is 0 Å². The van der Waals surface area contributed by atoms with E-state index in [-0.39, 0.29) is 11.2 Å². The number of ether oxygens (including phenoxy) is 2. The van der Waals surface area contributed by atoms with Gasteiger partial charge in [0.2, 0.25) is 5.91 Å². The van der Waals surface area contributed by atoms with E-state index in [1.165, 1.54) is 17.3 Å². The molecule has 4 nitrogen and oxygen atoms in total.